The molecule has 0 amide bonds. The van der Waals surface area contributed by atoms with Crippen molar-refractivity contribution in [3.05, 3.63) is 10.5 Å². The predicted molar refractivity (Wildman–Crippen MR) is 50.3 cm³/mol. The van der Waals surface area contributed by atoms with Crippen molar-refractivity contribution < 1.29 is 0 Å². The first-order valence-electron chi connectivity index (χ1n) is 4.58. The van der Waals surface area contributed by atoms with Crippen LogP contribution in [0.1, 0.15) is 44.0 Å². The van der Waals surface area contributed by atoms with Gasteiger partial charge in [0.05, 0.1) is 0 Å². The monoisotopic (exact) mass is 182 g/mol. The van der Waals surface area contributed by atoms with Crippen molar-refractivity contribution in [2.45, 2.75) is 44.4 Å². The Morgan fingerprint density at radius 1 is 1.33 bits per heavy atom. The fourth-order valence-electron chi connectivity index (χ4n) is 1.98. The molecule has 1 heterocycles. The molecule has 1 aliphatic carbocycles. The summed E-state index contributed by atoms with van der Waals surface area (Å²) in [4.78, 5) is 0. The Kier molecular flexibility index (Phi) is 2.13. The van der Waals surface area contributed by atoms with Crippen molar-refractivity contribution in [1.82, 2.24) is 10.2 Å². The minimum atomic E-state index is 0.347. The summed E-state index contributed by atoms with van der Waals surface area (Å²) >= 11 is 1.71. The number of hydrogen-bond donors (Lipinski definition) is 0. The van der Waals surface area contributed by atoms with Gasteiger partial charge in [0.15, 0.2) is 0 Å². The van der Waals surface area contributed by atoms with E-state index < -0.39 is 0 Å². The van der Waals surface area contributed by atoms with Gasteiger partial charge in [-0.15, -0.1) is 21.5 Å². The molecule has 2 rings (SSSR count). The Balaban J connectivity index is 2.19. The summed E-state index contributed by atoms with van der Waals surface area (Å²) in [6.07, 6.45) is 6.70. The first-order valence-corrected chi connectivity index (χ1v) is 5.46. The lowest BCUT2D eigenvalue weighted by Gasteiger charge is -2.30. The molecule has 0 N–H and O–H groups in total. The molecule has 0 radical (unpaired) electrons. The van der Waals surface area contributed by atoms with E-state index in [9.17, 15) is 0 Å². The third kappa shape index (κ3) is 1.38. The van der Waals surface area contributed by atoms with E-state index >= 15 is 0 Å². The highest BCUT2D eigenvalue weighted by atomic mass is 32.1. The van der Waals surface area contributed by atoms with E-state index in [1.165, 1.54) is 37.1 Å². The fourth-order valence-corrected chi connectivity index (χ4v) is 2.76. The molecule has 1 fully saturated rings. The van der Waals surface area contributed by atoms with Crippen LogP contribution < -0.4 is 0 Å². The molecule has 0 atom stereocenters. The van der Waals surface area contributed by atoms with Crippen LogP contribution in [-0.2, 0) is 5.41 Å². The van der Waals surface area contributed by atoms with Crippen LogP contribution in [0.2, 0.25) is 0 Å². The molecule has 66 valence electrons. The Labute approximate surface area is 77.0 Å². The van der Waals surface area contributed by atoms with Gasteiger partial charge in [0.2, 0.25) is 0 Å². The Hall–Kier alpha value is -0.440. The van der Waals surface area contributed by atoms with Gasteiger partial charge >= 0.3 is 0 Å². The molecule has 1 saturated carbocycles. The number of nitrogens with zero attached hydrogens (tertiary/aromatic N) is 2. The number of rotatable bonds is 1. The third-order valence-electron chi connectivity index (χ3n) is 2.83. The van der Waals surface area contributed by atoms with Crippen LogP contribution >= 0.6 is 11.3 Å². The van der Waals surface area contributed by atoms with Crippen molar-refractivity contribution in [3.63, 3.8) is 0 Å². The maximum atomic E-state index is 4.18. The van der Waals surface area contributed by atoms with Crippen molar-refractivity contribution in [2.24, 2.45) is 0 Å². The summed E-state index contributed by atoms with van der Waals surface area (Å²) in [5.41, 5.74) is 2.19. The predicted octanol–water partition coefficient (Wildman–Crippen LogP) is 2.76. The summed E-state index contributed by atoms with van der Waals surface area (Å²) in [5, 5.41) is 9.33. The van der Waals surface area contributed by atoms with Gasteiger partial charge in [-0.3, -0.25) is 0 Å². The molecule has 12 heavy (non-hydrogen) atoms. The van der Waals surface area contributed by atoms with E-state index in [0.717, 1.165) is 0 Å². The summed E-state index contributed by atoms with van der Waals surface area (Å²) < 4.78 is 0. The van der Waals surface area contributed by atoms with E-state index in [-0.39, 0.29) is 0 Å². The molecular formula is C9H14N2S. The maximum Gasteiger partial charge on any atom is 0.123 e. The molecule has 1 aliphatic rings. The lowest BCUT2D eigenvalue weighted by Crippen LogP contribution is -2.24. The van der Waals surface area contributed by atoms with Gasteiger partial charge in [0.25, 0.3) is 0 Å². The van der Waals surface area contributed by atoms with Crippen LogP contribution in [0.15, 0.2) is 5.51 Å². The van der Waals surface area contributed by atoms with Gasteiger partial charge < -0.3 is 0 Å². The quantitative estimate of drug-likeness (QED) is 0.667. The van der Waals surface area contributed by atoms with Crippen LogP contribution in [0.4, 0.5) is 0 Å². The molecule has 0 spiro atoms. The summed E-state index contributed by atoms with van der Waals surface area (Å²) in [5.74, 6) is 0. The summed E-state index contributed by atoms with van der Waals surface area (Å²) in [7, 11) is 0. The maximum absolute atomic E-state index is 4.18. The highest BCUT2D eigenvalue weighted by Gasteiger charge is 2.31. The lowest BCUT2D eigenvalue weighted by atomic mass is 9.76. The largest absolute Gasteiger partial charge is 0.147 e. The van der Waals surface area contributed by atoms with Crippen molar-refractivity contribution in [1.29, 1.82) is 0 Å². The molecule has 0 aliphatic heterocycles. The van der Waals surface area contributed by atoms with Gasteiger partial charge in [-0.25, -0.2) is 0 Å². The first kappa shape index (κ1) is 8.17. The second-order valence-electron chi connectivity index (χ2n) is 3.87. The molecular weight excluding hydrogens is 168 g/mol. The minimum absolute atomic E-state index is 0.347. The number of aromatic nitrogens is 2. The minimum Gasteiger partial charge on any atom is -0.147 e. The molecule has 2 nitrogen and oxygen atoms in total. The molecule has 3 heteroatoms. The lowest BCUT2D eigenvalue weighted by molar-refractivity contribution is 0.317. The Bertz CT molecular complexity index is 237. The normalized spacial score (nSPS) is 22.4. The van der Waals surface area contributed by atoms with Crippen molar-refractivity contribution in [3.8, 4) is 0 Å². The van der Waals surface area contributed by atoms with E-state index in [2.05, 4.69) is 17.1 Å². The first-order chi connectivity index (χ1) is 5.81. The zero-order chi connectivity index (χ0) is 8.44. The van der Waals surface area contributed by atoms with Crippen molar-refractivity contribution >= 4 is 11.3 Å². The highest BCUT2D eigenvalue weighted by molar-refractivity contribution is 7.09. The van der Waals surface area contributed by atoms with E-state index in [1.54, 1.807) is 11.3 Å². The van der Waals surface area contributed by atoms with Gasteiger partial charge in [0, 0.05) is 5.41 Å². The second kappa shape index (κ2) is 3.13. The Morgan fingerprint density at radius 2 is 2.08 bits per heavy atom. The van der Waals surface area contributed by atoms with Gasteiger partial charge in [0.1, 0.15) is 10.5 Å². The van der Waals surface area contributed by atoms with Crippen LogP contribution in [0.5, 0.6) is 0 Å². The Morgan fingerprint density at radius 3 is 2.67 bits per heavy atom. The fraction of sp³-hybridized carbons (Fsp3) is 0.778. The zero-order valence-corrected chi connectivity index (χ0v) is 8.23. The van der Waals surface area contributed by atoms with E-state index in [4.69, 9.17) is 0 Å². The van der Waals surface area contributed by atoms with Gasteiger partial charge in [-0.05, 0) is 12.8 Å². The molecule has 0 saturated heterocycles. The van der Waals surface area contributed by atoms with Gasteiger partial charge in [-0.1, -0.05) is 26.2 Å². The second-order valence-corrected chi connectivity index (χ2v) is 4.70. The molecule has 1 aromatic heterocycles. The van der Waals surface area contributed by atoms with Crippen LogP contribution in [0, 0.1) is 0 Å². The molecule has 0 bridgehead atoms. The van der Waals surface area contributed by atoms with Crippen LogP contribution in [0.25, 0.3) is 0 Å². The third-order valence-corrected chi connectivity index (χ3v) is 3.83. The van der Waals surface area contributed by atoms with Crippen molar-refractivity contribution in [2.75, 3.05) is 0 Å². The summed E-state index contributed by atoms with van der Waals surface area (Å²) in [6.45, 7) is 2.33. The van der Waals surface area contributed by atoms with E-state index in [1.807, 2.05) is 5.51 Å². The number of hydrogen-bond acceptors (Lipinski definition) is 3. The zero-order valence-electron chi connectivity index (χ0n) is 7.42. The average molecular weight is 182 g/mol. The van der Waals surface area contributed by atoms with Crippen LogP contribution in [0.3, 0.4) is 0 Å². The molecule has 0 aromatic carbocycles. The topological polar surface area (TPSA) is 25.8 Å². The highest BCUT2D eigenvalue weighted by Crippen LogP contribution is 2.39. The SMILES string of the molecule is CC1(c2nncs2)CCCCC1. The smallest absolute Gasteiger partial charge is 0.123 e. The van der Waals surface area contributed by atoms with E-state index in [0.29, 0.717) is 5.41 Å². The molecule has 0 unspecified atom stereocenters. The summed E-state index contributed by atoms with van der Waals surface area (Å²) in [6, 6.07) is 0. The van der Waals surface area contributed by atoms with Gasteiger partial charge in [-0.2, -0.15) is 0 Å². The average Bonchev–Trinajstić information content (AvgIpc) is 2.58. The molecule has 1 aromatic rings. The standard InChI is InChI=1S/C9H14N2S/c1-9(5-3-2-4-6-9)8-11-10-7-12-8/h7H,2-6H2,1H3. The van der Waals surface area contributed by atoms with Crippen LogP contribution in [-0.4, -0.2) is 10.2 Å².